The molecule has 0 radical (unpaired) electrons. The summed E-state index contributed by atoms with van der Waals surface area (Å²) in [6.45, 7) is 8.88. The van der Waals surface area contributed by atoms with E-state index in [0.717, 1.165) is 23.3 Å². The Morgan fingerprint density at radius 2 is 1.83 bits per heavy atom. The summed E-state index contributed by atoms with van der Waals surface area (Å²) in [5.41, 5.74) is 2.78. The molecule has 0 heterocycles. The van der Waals surface area contributed by atoms with Gasteiger partial charge in [-0.25, -0.2) is 0 Å². The molecule has 2 aromatic carbocycles. The molecule has 0 spiro atoms. The second kappa shape index (κ2) is 8.53. The molecule has 3 nitrogen and oxygen atoms in total. The van der Waals surface area contributed by atoms with Crippen LogP contribution >= 0.6 is 0 Å². The zero-order valence-electron chi connectivity index (χ0n) is 15.0. The van der Waals surface area contributed by atoms with Crippen molar-refractivity contribution >= 4 is 5.91 Å². The van der Waals surface area contributed by atoms with E-state index in [1.807, 2.05) is 50.2 Å². The van der Waals surface area contributed by atoms with Crippen molar-refractivity contribution in [2.45, 2.75) is 40.2 Å². The number of benzene rings is 2. The minimum atomic E-state index is -0.0457. The lowest BCUT2D eigenvalue weighted by molar-refractivity contribution is 0.0932. The average molecular weight is 325 g/mol. The van der Waals surface area contributed by atoms with Gasteiger partial charge in [-0.3, -0.25) is 4.79 Å². The number of hydrogen-bond donors (Lipinski definition) is 1. The van der Waals surface area contributed by atoms with Gasteiger partial charge in [0, 0.05) is 5.56 Å². The normalized spacial score (nSPS) is 12.0. The Morgan fingerprint density at radius 3 is 2.42 bits per heavy atom. The van der Waals surface area contributed by atoms with Crippen molar-refractivity contribution in [3.63, 3.8) is 0 Å². The lowest BCUT2D eigenvalue weighted by Crippen LogP contribution is -2.29. The number of aryl methyl sites for hydroxylation is 1. The summed E-state index contributed by atoms with van der Waals surface area (Å²) in [7, 11) is 0. The predicted molar refractivity (Wildman–Crippen MR) is 98.5 cm³/mol. The zero-order chi connectivity index (χ0) is 17.5. The maximum absolute atomic E-state index is 12.7. The summed E-state index contributed by atoms with van der Waals surface area (Å²) in [6, 6.07) is 15.7. The summed E-state index contributed by atoms with van der Waals surface area (Å²) in [5.74, 6) is 1.28. The van der Waals surface area contributed by atoms with E-state index in [2.05, 4.69) is 31.3 Å². The van der Waals surface area contributed by atoms with Crippen molar-refractivity contribution in [2.75, 3.05) is 6.61 Å². The second-order valence-corrected chi connectivity index (χ2v) is 6.48. The molecule has 0 aliphatic rings. The van der Waals surface area contributed by atoms with E-state index in [1.54, 1.807) is 0 Å². The fourth-order valence-corrected chi connectivity index (χ4v) is 2.78. The molecule has 0 fully saturated rings. The van der Waals surface area contributed by atoms with Crippen LogP contribution in [0.5, 0.6) is 5.75 Å². The van der Waals surface area contributed by atoms with Gasteiger partial charge in [0.25, 0.3) is 5.91 Å². The molecule has 2 rings (SSSR count). The highest BCUT2D eigenvalue weighted by molar-refractivity contribution is 5.94. The first-order valence-electron chi connectivity index (χ1n) is 8.60. The molecule has 0 aliphatic carbocycles. The number of ether oxygens (including phenoxy) is 1. The predicted octanol–water partition coefficient (Wildman–Crippen LogP) is 4.91. The van der Waals surface area contributed by atoms with Gasteiger partial charge in [-0.15, -0.1) is 0 Å². The molecule has 128 valence electrons. The van der Waals surface area contributed by atoms with Gasteiger partial charge in [0.05, 0.1) is 12.6 Å². The third-order valence-corrected chi connectivity index (χ3v) is 3.95. The molecule has 0 saturated carbocycles. The quantitative estimate of drug-likeness (QED) is 0.785. The van der Waals surface area contributed by atoms with Gasteiger partial charge in [0.15, 0.2) is 0 Å². The maximum Gasteiger partial charge on any atom is 0.251 e. The standard InChI is InChI=1S/C21H27NO2/c1-5-24-20-12-11-18(14-16(20)4)21(23)22-19(13-15(2)3)17-9-7-6-8-10-17/h6-12,14-15,19H,5,13H2,1-4H3,(H,22,23)/t19-/m0/s1. The molecule has 24 heavy (non-hydrogen) atoms. The first kappa shape index (κ1) is 18.1. The van der Waals surface area contributed by atoms with Crippen molar-refractivity contribution in [1.29, 1.82) is 0 Å². The van der Waals surface area contributed by atoms with Crippen LogP contribution in [0.25, 0.3) is 0 Å². The van der Waals surface area contributed by atoms with Gasteiger partial charge in [-0.1, -0.05) is 44.2 Å². The summed E-state index contributed by atoms with van der Waals surface area (Å²) < 4.78 is 5.54. The lowest BCUT2D eigenvalue weighted by atomic mass is 9.96. The van der Waals surface area contributed by atoms with Crippen molar-refractivity contribution in [3.05, 3.63) is 65.2 Å². The Morgan fingerprint density at radius 1 is 1.12 bits per heavy atom. The van der Waals surface area contributed by atoms with E-state index >= 15 is 0 Å². The van der Waals surface area contributed by atoms with Gasteiger partial charge in [0.1, 0.15) is 5.75 Å². The van der Waals surface area contributed by atoms with E-state index in [4.69, 9.17) is 4.74 Å². The molecular formula is C21H27NO2. The minimum absolute atomic E-state index is 0.0191. The fraction of sp³-hybridized carbons (Fsp3) is 0.381. The van der Waals surface area contributed by atoms with Crippen LogP contribution in [0.15, 0.2) is 48.5 Å². The van der Waals surface area contributed by atoms with Crippen LogP contribution in [0.2, 0.25) is 0 Å². The molecule has 3 heteroatoms. The van der Waals surface area contributed by atoms with E-state index < -0.39 is 0 Å². The summed E-state index contributed by atoms with van der Waals surface area (Å²) in [6.07, 6.45) is 0.908. The highest BCUT2D eigenvalue weighted by Crippen LogP contribution is 2.23. The number of nitrogens with one attached hydrogen (secondary N) is 1. The Balaban J connectivity index is 2.17. The average Bonchev–Trinajstić information content (AvgIpc) is 2.56. The smallest absolute Gasteiger partial charge is 0.251 e. The number of amides is 1. The van der Waals surface area contributed by atoms with E-state index in [-0.39, 0.29) is 11.9 Å². The van der Waals surface area contributed by atoms with Gasteiger partial charge >= 0.3 is 0 Å². The highest BCUT2D eigenvalue weighted by atomic mass is 16.5. The van der Waals surface area contributed by atoms with Crippen LogP contribution in [0.1, 0.15) is 54.7 Å². The van der Waals surface area contributed by atoms with Gasteiger partial charge in [-0.05, 0) is 55.5 Å². The summed E-state index contributed by atoms with van der Waals surface area (Å²) >= 11 is 0. The molecule has 0 unspecified atom stereocenters. The van der Waals surface area contributed by atoms with Crippen molar-refractivity contribution in [3.8, 4) is 5.75 Å². The molecule has 1 N–H and O–H groups in total. The van der Waals surface area contributed by atoms with Crippen molar-refractivity contribution in [2.24, 2.45) is 5.92 Å². The van der Waals surface area contributed by atoms with Gasteiger partial charge < -0.3 is 10.1 Å². The van der Waals surface area contributed by atoms with Crippen LogP contribution in [-0.4, -0.2) is 12.5 Å². The Bertz CT molecular complexity index is 665. The third kappa shape index (κ3) is 4.85. The van der Waals surface area contributed by atoms with Crippen LogP contribution in [-0.2, 0) is 0 Å². The second-order valence-electron chi connectivity index (χ2n) is 6.48. The lowest BCUT2D eigenvalue weighted by Gasteiger charge is -2.21. The number of carbonyl (C=O) groups excluding carboxylic acids is 1. The van der Waals surface area contributed by atoms with Crippen LogP contribution < -0.4 is 10.1 Å². The van der Waals surface area contributed by atoms with Crippen LogP contribution in [0, 0.1) is 12.8 Å². The SMILES string of the molecule is CCOc1ccc(C(=O)N[C@@H](CC(C)C)c2ccccc2)cc1C. The van der Waals surface area contributed by atoms with Crippen molar-refractivity contribution in [1.82, 2.24) is 5.32 Å². The summed E-state index contributed by atoms with van der Waals surface area (Å²) in [4.78, 5) is 12.7. The van der Waals surface area contributed by atoms with E-state index in [9.17, 15) is 4.79 Å². The molecule has 2 aromatic rings. The molecule has 1 atom stereocenters. The van der Waals surface area contributed by atoms with Gasteiger partial charge in [0.2, 0.25) is 0 Å². The Hall–Kier alpha value is -2.29. The zero-order valence-corrected chi connectivity index (χ0v) is 15.0. The van der Waals surface area contributed by atoms with Gasteiger partial charge in [-0.2, -0.15) is 0 Å². The van der Waals surface area contributed by atoms with Crippen LogP contribution in [0.4, 0.5) is 0 Å². The largest absolute Gasteiger partial charge is 0.494 e. The highest BCUT2D eigenvalue weighted by Gasteiger charge is 2.17. The van der Waals surface area contributed by atoms with E-state index in [0.29, 0.717) is 18.1 Å². The monoisotopic (exact) mass is 325 g/mol. The first-order valence-corrected chi connectivity index (χ1v) is 8.60. The molecule has 0 aromatic heterocycles. The number of rotatable bonds is 7. The minimum Gasteiger partial charge on any atom is -0.494 e. The Kier molecular flexibility index (Phi) is 6.42. The number of hydrogen-bond acceptors (Lipinski definition) is 2. The maximum atomic E-state index is 12.7. The molecule has 0 bridgehead atoms. The molecule has 0 aliphatic heterocycles. The molecule has 0 saturated heterocycles. The number of carbonyl (C=O) groups is 1. The Labute approximate surface area is 145 Å². The fourth-order valence-electron chi connectivity index (χ4n) is 2.78. The van der Waals surface area contributed by atoms with Crippen LogP contribution in [0.3, 0.4) is 0 Å². The van der Waals surface area contributed by atoms with E-state index in [1.165, 1.54) is 0 Å². The summed E-state index contributed by atoms with van der Waals surface area (Å²) in [5, 5.41) is 3.18. The topological polar surface area (TPSA) is 38.3 Å². The first-order chi connectivity index (χ1) is 11.5. The van der Waals surface area contributed by atoms with Crippen molar-refractivity contribution < 1.29 is 9.53 Å². The third-order valence-electron chi connectivity index (χ3n) is 3.95. The molecular weight excluding hydrogens is 298 g/mol. The molecule has 1 amide bonds.